The second-order valence-electron chi connectivity index (χ2n) is 3.42. The van der Waals surface area contributed by atoms with Crippen LogP contribution in [0.4, 0.5) is 0 Å². The average Bonchev–Trinajstić information content (AvgIpc) is 2.30. The van der Waals surface area contributed by atoms with Crippen molar-refractivity contribution in [2.24, 2.45) is 4.99 Å². The topological polar surface area (TPSA) is 38.7 Å². The van der Waals surface area contributed by atoms with Crippen LogP contribution in [0, 0.1) is 0 Å². The highest BCUT2D eigenvalue weighted by atomic mass is 31.1. The normalized spacial score (nSPS) is 11.9. The lowest BCUT2D eigenvalue weighted by Gasteiger charge is -1.93. The maximum atomic E-state index is 11.2. The number of hydrogen-bond donors (Lipinski definition) is 0. The highest BCUT2D eigenvalue weighted by molar-refractivity contribution is 7.44. The van der Waals surface area contributed by atoms with Gasteiger partial charge in [0, 0.05) is 19.7 Å². The van der Waals surface area contributed by atoms with Crippen molar-refractivity contribution in [3.05, 3.63) is 35.9 Å². The SMILES string of the molecule is COC[P+](=O)CCC=NCc1ccccc1. The molecule has 0 saturated heterocycles. The van der Waals surface area contributed by atoms with Gasteiger partial charge < -0.3 is 4.74 Å². The minimum atomic E-state index is -1.22. The Labute approximate surface area is 97.3 Å². The van der Waals surface area contributed by atoms with Crippen LogP contribution in [0.1, 0.15) is 12.0 Å². The first-order chi connectivity index (χ1) is 7.83. The molecule has 1 rings (SSSR count). The van der Waals surface area contributed by atoms with Gasteiger partial charge in [-0.3, -0.25) is 4.99 Å². The Bertz CT molecular complexity index is 338. The van der Waals surface area contributed by atoms with Gasteiger partial charge in [-0.15, -0.1) is 0 Å². The van der Waals surface area contributed by atoms with Crippen LogP contribution in [0.2, 0.25) is 0 Å². The number of aliphatic imine (C=N–C) groups is 1. The summed E-state index contributed by atoms with van der Waals surface area (Å²) in [6.07, 6.45) is 3.60. The van der Waals surface area contributed by atoms with Gasteiger partial charge in [0.15, 0.2) is 6.16 Å². The zero-order chi connectivity index (χ0) is 11.6. The summed E-state index contributed by atoms with van der Waals surface area (Å²) in [5.74, 6) is 0. The van der Waals surface area contributed by atoms with Crippen molar-refractivity contribution < 1.29 is 9.30 Å². The van der Waals surface area contributed by atoms with Crippen LogP contribution >= 0.6 is 7.80 Å². The van der Waals surface area contributed by atoms with Crippen molar-refractivity contribution in [1.29, 1.82) is 0 Å². The molecule has 0 saturated carbocycles. The second kappa shape index (κ2) is 8.14. The van der Waals surface area contributed by atoms with Crippen LogP contribution < -0.4 is 0 Å². The van der Waals surface area contributed by atoms with E-state index in [0.29, 0.717) is 19.1 Å². The molecule has 0 radical (unpaired) electrons. The van der Waals surface area contributed by atoms with E-state index in [4.69, 9.17) is 4.74 Å². The maximum absolute atomic E-state index is 11.2. The molecule has 1 atom stereocenters. The lowest BCUT2D eigenvalue weighted by atomic mass is 10.2. The van der Waals surface area contributed by atoms with E-state index in [1.54, 1.807) is 7.11 Å². The number of nitrogens with zero attached hydrogens (tertiary/aromatic N) is 1. The fraction of sp³-hybridized carbons (Fsp3) is 0.417. The lowest BCUT2D eigenvalue weighted by molar-refractivity contribution is 0.251. The summed E-state index contributed by atoms with van der Waals surface area (Å²) >= 11 is 0. The highest BCUT2D eigenvalue weighted by Gasteiger charge is 2.11. The molecule has 0 N–H and O–H groups in total. The summed E-state index contributed by atoms with van der Waals surface area (Å²) in [5.41, 5.74) is 1.19. The Balaban J connectivity index is 2.16. The van der Waals surface area contributed by atoms with Crippen LogP contribution in [0.15, 0.2) is 35.3 Å². The lowest BCUT2D eigenvalue weighted by Crippen LogP contribution is -1.88. The largest absolute Gasteiger partial charge is 0.367 e. The van der Waals surface area contributed by atoms with E-state index in [1.807, 2.05) is 36.5 Å². The van der Waals surface area contributed by atoms with Crippen LogP contribution in [0.3, 0.4) is 0 Å². The third-order valence-corrected chi connectivity index (χ3v) is 3.33. The third kappa shape index (κ3) is 5.74. The summed E-state index contributed by atoms with van der Waals surface area (Å²) in [6.45, 7) is 0.696. The molecule has 1 aromatic rings. The van der Waals surface area contributed by atoms with E-state index in [1.165, 1.54) is 5.56 Å². The third-order valence-electron chi connectivity index (χ3n) is 2.03. The first-order valence-corrected chi connectivity index (χ1v) is 6.89. The van der Waals surface area contributed by atoms with Gasteiger partial charge in [-0.25, -0.2) is 0 Å². The van der Waals surface area contributed by atoms with E-state index in [-0.39, 0.29) is 0 Å². The van der Waals surface area contributed by atoms with Gasteiger partial charge in [0.25, 0.3) is 0 Å². The van der Waals surface area contributed by atoms with E-state index < -0.39 is 7.80 Å². The van der Waals surface area contributed by atoms with Gasteiger partial charge in [-0.2, -0.15) is 0 Å². The molecule has 0 amide bonds. The van der Waals surface area contributed by atoms with Crippen LogP contribution in [-0.2, 0) is 15.8 Å². The number of rotatable bonds is 7. The zero-order valence-corrected chi connectivity index (χ0v) is 10.4. The summed E-state index contributed by atoms with van der Waals surface area (Å²) in [4.78, 5) is 4.28. The molecule has 4 heteroatoms. The zero-order valence-electron chi connectivity index (χ0n) is 9.50. The summed E-state index contributed by atoms with van der Waals surface area (Å²) in [6, 6.07) is 10.1. The monoisotopic (exact) mass is 238 g/mol. The van der Waals surface area contributed by atoms with E-state index >= 15 is 0 Å². The fourth-order valence-electron chi connectivity index (χ4n) is 1.25. The van der Waals surface area contributed by atoms with Crippen molar-refractivity contribution in [1.82, 2.24) is 0 Å². The quantitative estimate of drug-likeness (QED) is 0.541. The molecular weight excluding hydrogens is 221 g/mol. The molecule has 0 fully saturated rings. The molecule has 1 aromatic carbocycles. The summed E-state index contributed by atoms with van der Waals surface area (Å²) < 4.78 is 16.0. The van der Waals surface area contributed by atoms with Crippen LogP contribution in [0.25, 0.3) is 0 Å². The molecule has 0 heterocycles. The highest BCUT2D eigenvalue weighted by Crippen LogP contribution is 2.19. The fourth-order valence-corrected chi connectivity index (χ4v) is 2.08. The first kappa shape index (κ1) is 13.0. The molecule has 0 bridgehead atoms. The second-order valence-corrected chi connectivity index (χ2v) is 5.09. The predicted molar refractivity (Wildman–Crippen MR) is 67.6 cm³/mol. The van der Waals surface area contributed by atoms with E-state index in [0.717, 1.165) is 6.42 Å². The molecule has 0 aromatic heterocycles. The van der Waals surface area contributed by atoms with Gasteiger partial charge in [0.2, 0.25) is 6.35 Å². The van der Waals surface area contributed by atoms with E-state index in [2.05, 4.69) is 4.99 Å². The van der Waals surface area contributed by atoms with Crippen LogP contribution in [-0.4, -0.2) is 25.8 Å². The minimum Gasteiger partial charge on any atom is -0.341 e. The first-order valence-electron chi connectivity index (χ1n) is 5.26. The molecule has 0 spiro atoms. The van der Waals surface area contributed by atoms with Crippen molar-refractivity contribution in [3.63, 3.8) is 0 Å². The van der Waals surface area contributed by atoms with Crippen LogP contribution in [0.5, 0.6) is 0 Å². The molecule has 0 aliphatic heterocycles. The summed E-state index contributed by atoms with van der Waals surface area (Å²) in [7, 11) is 0.351. The Morgan fingerprint density at radius 2 is 2.12 bits per heavy atom. The molecule has 1 unspecified atom stereocenters. The Kier molecular flexibility index (Phi) is 6.62. The van der Waals surface area contributed by atoms with Gasteiger partial charge in [0.05, 0.1) is 6.54 Å². The Morgan fingerprint density at radius 3 is 2.81 bits per heavy atom. The number of benzene rings is 1. The smallest absolute Gasteiger partial charge is 0.341 e. The average molecular weight is 238 g/mol. The molecule has 0 aliphatic rings. The van der Waals surface area contributed by atoms with Crippen molar-refractivity contribution >= 4 is 14.0 Å². The number of ether oxygens (including phenoxy) is 1. The van der Waals surface area contributed by atoms with Gasteiger partial charge >= 0.3 is 7.80 Å². The molecule has 86 valence electrons. The standard InChI is InChI=1S/C12H17NO2P/c1-15-11-16(14)9-5-8-13-10-12-6-3-2-4-7-12/h2-4,6-8H,5,9-11H2,1H3/q+1. The Morgan fingerprint density at radius 1 is 1.38 bits per heavy atom. The maximum Gasteiger partial charge on any atom is 0.367 e. The predicted octanol–water partition coefficient (Wildman–Crippen LogP) is 3.08. The van der Waals surface area contributed by atoms with Gasteiger partial charge in [-0.05, 0) is 5.56 Å². The number of methoxy groups -OCH3 is 1. The van der Waals surface area contributed by atoms with Gasteiger partial charge in [-0.1, -0.05) is 34.9 Å². The molecular formula is C12H17NO2P+. The van der Waals surface area contributed by atoms with E-state index in [9.17, 15) is 4.57 Å². The Hall–Kier alpha value is -1.05. The van der Waals surface area contributed by atoms with Crippen molar-refractivity contribution in [3.8, 4) is 0 Å². The molecule has 16 heavy (non-hydrogen) atoms. The molecule has 3 nitrogen and oxygen atoms in total. The number of hydrogen-bond acceptors (Lipinski definition) is 3. The van der Waals surface area contributed by atoms with Gasteiger partial charge in [0.1, 0.15) is 0 Å². The van der Waals surface area contributed by atoms with Crippen molar-refractivity contribution in [2.75, 3.05) is 19.6 Å². The summed E-state index contributed by atoms with van der Waals surface area (Å²) in [5, 5.41) is 0. The van der Waals surface area contributed by atoms with Crippen molar-refractivity contribution in [2.45, 2.75) is 13.0 Å². The minimum absolute atomic E-state index is 0.349. The molecule has 0 aliphatic carbocycles.